The zero-order valence-corrected chi connectivity index (χ0v) is 22.6. The molecule has 1 N–H and O–H groups in total. The van der Waals surface area contributed by atoms with Crippen LogP contribution in [0.5, 0.6) is 17.2 Å². The predicted molar refractivity (Wildman–Crippen MR) is 143 cm³/mol. The maximum Gasteiger partial charge on any atom is 0.254 e. The third kappa shape index (κ3) is 5.28. The van der Waals surface area contributed by atoms with Gasteiger partial charge in [-0.15, -0.1) is 0 Å². The van der Waals surface area contributed by atoms with E-state index in [9.17, 15) is 14.4 Å². The quantitative estimate of drug-likeness (QED) is 0.453. The fraction of sp³-hybridized carbons (Fsp3) is 0.483. The lowest BCUT2D eigenvalue weighted by atomic mass is 9.79. The summed E-state index contributed by atoms with van der Waals surface area (Å²) >= 11 is 0. The summed E-state index contributed by atoms with van der Waals surface area (Å²) in [6, 6.07) is 10.4. The van der Waals surface area contributed by atoms with Gasteiger partial charge >= 0.3 is 0 Å². The van der Waals surface area contributed by atoms with Crippen LogP contribution in [-0.2, 0) is 9.59 Å². The monoisotopic (exact) mass is 523 g/mol. The number of likely N-dealkylation sites (tertiary alicyclic amines) is 1. The first-order valence-electron chi connectivity index (χ1n) is 13.2. The van der Waals surface area contributed by atoms with Crippen LogP contribution in [0.3, 0.4) is 0 Å². The largest absolute Gasteiger partial charge is 0.493 e. The predicted octanol–water partition coefficient (Wildman–Crippen LogP) is 3.53. The van der Waals surface area contributed by atoms with Crippen molar-refractivity contribution in [3.63, 3.8) is 0 Å². The maximum atomic E-state index is 13.9. The number of nitrogens with zero attached hydrogens (tertiary/aromatic N) is 2. The van der Waals surface area contributed by atoms with Crippen LogP contribution < -0.4 is 19.5 Å². The molecule has 0 radical (unpaired) electrons. The molecule has 2 heterocycles. The third-order valence-electron chi connectivity index (χ3n) is 7.29. The van der Waals surface area contributed by atoms with Crippen LogP contribution in [0.1, 0.15) is 66.1 Å². The zero-order valence-electron chi connectivity index (χ0n) is 22.6. The zero-order chi connectivity index (χ0) is 27.2. The number of hydrogen-bond acceptors (Lipinski definition) is 6. The maximum absolute atomic E-state index is 13.9. The number of carbonyl (C=O) groups is 3. The average Bonchev–Trinajstić information content (AvgIpc) is 3.35. The van der Waals surface area contributed by atoms with E-state index in [1.165, 1.54) is 7.11 Å². The van der Waals surface area contributed by atoms with Gasteiger partial charge in [0.05, 0.1) is 33.3 Å². The molecule has 0 saturated carbocycles. The molecule has 3 amide bonds. The van der Waals surface area contributed by atoms with Gasteiger partial charge in [-0.3, -0.25) is 14.4 Å². The summed E-state index contributed by atoms with van der Waals surface area (Å²) in [6.07, 6.45) is 2.89. The molecule has 38 heavy (non-hydrogen) atoms. The molecular weight excluding hydrogens is 486 g/mol. The van der Waals surface area contributed by atoms with Crippen LogP contribution >= 0.6 is 0 Å². The van der Waals surface area contributed by atoms with E-state index in [0.29, 0.717) is 60.9 Å². The first-order valence-corrected chi connectivity index (χ1v) is 13.2. The van der Waals surface area contributed by atoms with Gasteiger partial charge in [-0.2, -0.15) is 0 Å². The molecule has 2 aliphatic rings. The van der Waals surface area contributed by atoms with Gasteiger partial charge in [0.1, 0.15) is 0 Å². The SMILES string of the molecule is CCCN1C(=O)c2ccccc2C(C(=O)NCCCN2CCCC2=O)C1c1cc(OC)c(OC)c(OC)c1. The molecule has 2 aromatic rings. The van der Waals surface area contributed by atoms with Crippen molar-refractivity contribution in [1.29, 1.82) is 0 Å². The lowest BCUT2D eigenvalue weighted by Crippen LogP contribution is -2.48. The summed E-state index contributed by atoms with van der Waals surface area (Å²) in [5.74, 6) is 0.606. The number of ether oxygens (including phenoxy) is 3. The second-order valence-electron chi connectivity index (χ2n) is 9.60. The molecule has 1 saturated heterocycles. The van der Waals surface area contributed by atoms with Crippen LogP contribution in [0.2, 0.25) is 0 Å². The number of amides is 3. The third-order valence-corrected chi connectivity index (χ3v) is 7.29. The molecule has 2 atom stereocenters. The molecule has 204 valence electrons. The van der Waals surface area contributed by atoms with Crippen molar-refractivity contribution in [2.24, 2.45) is 0 Å². The summed E-state index contributed by atoms with van der Waals surface area (Å²) in [5, 5.41) is 3.09. The number of hydrogen-bond donors (Lipinski definition) is 1. The first kappa shape index (κ1) is 27.3. The Morgan fingerprint density at radius 3 is 2.34 bits per heavy atom. The Morgan fingerprint density at radius 2 is 1.74 bits per heavy atom. The molecule has 9 heteroatoms. The van der Waals surface area contributed by atoms with Gasteiger partial charge in [-0.1, -0.05) is 25.1 Å². The fourth-order valence-corrected chi connectivity index (χ4v) is 5.54. The number of fused-ring (bicyclic) bond motifs is 1. The Morgan fingerprint density at radius 1 is 1.03 bits per heavy atom. The number of methoxy groups -OCH3 is 3. The summed E-state index contributed by atoms with van der Waals surface area (Å²) in [6.45, 7) is 4.33. The van der Waals surface area contributed by atoms with Crippen molar-refractivity contribution < 1.29 is 28.6 Å². The molecule has 2 aliphatic heterocycles. The van der Waals surface area contributed by atoms with Crippen molar-refractivity contribution in [1.82, 2.24) is 15.1 Å². The molecule has 4 rings (SSSR count). The summed E-state index contributed by atoms with van der Waals surface area (Å²) in [7, 11) is 4.62. The summed E-state index contributed by atoms with van der Waals surface area (Å²) in [5.41, 5.74) is 1.95. The van der Waals surface area contributed by atoms with Crippen LogP contribution in [-0.4, -0.2) is 75.0 Å². The minimum atomic E-state index is -0.647. The van der Waals surface area contributed by atoms with E-state index in [1.807, 2.05) is 42.2 Å². The normalized spacial score (nSPS) is 18.8. The minimum absolute atomic E-state index is 0.113. The number of rotatable bonds is 11. The van der Waals surface area contributed by atoms with Gasteiger partial charge in [0.15, 0.2) is 11.5 Å². The smallest absolute Gasteiger partial charge is 0.254 e. The van der Waals surface area contributed by atoms with E-state index in [1.54, 1.807) is 25.2 Å². The van der Waals surface area contributed by atoms with E-state index >= 15 is 0 Å². The fourth-order valence-electron chi connectivity index (χ4n) is 5.54. The van der Waals surface area contributed by atoms with Gasteiger partial charge in [-0.05, 0) is 48.6 Å². The second kappa shape index (κ2) is 12.2. The summed E-state index contributed by atoms with van der Waals surface area (Å²) in [4.78, 5) is 43.1. The van der Waals surface area contributed by atoms with Crippen LogP contribution in [0.15, 0.2) is 36.4 Å². The van der Waals surface area contributed by atoms with Crippen molar-refractivity contribution >= 4 is 17.7 Å². The van der Waals surface area contributed by atoms with Gasteiger partial charge in [0.25, 0.3) is 5.91 Å². The summed E-state index contributed by atoms with van der Waals surface area (Å²) < 4.78 is 16.7. The highest BCUT2D eigenvalue weighted by molar-refractivity contribution is 6.01. The molecule has 0 aromatic heterocycles. The molecular formula is C29H37N3O6. The van der Waals surface area contributed by atoms with Gasteiger partial charge in [-0.25, -0.2) is 0 Å². The Kier molecular flexibility index (Phi) is 8.76. The average molecular weight is 524 g/mol. The minimum Gasteiger partial charge on any atom is -0.493 e. The number of benzene rings is 2. The highest BCUT2D eigenvalue weighted by Crippen LogP contribution is 2.47. The molecule has 0 aliphatic carbocycles. The Labute approximate surface area is 224 Å². The van der Waals surface area contributed by atoms with Crippen molar-refractivity contribution in [3.05, 3.63) is 53.1 Å². The van der Waals surface area contributed by atoms with Crippen LogP contribution in [0, 0.1) is 0 Å². The number of nitrogens with one attached hydrogen (secondary N) is 1. The topological polar surface area (TPSA) is 97.4 Å². The first-order chi connectivity index (χ1) is 18.4. The highest BCUT2D eigenvalue weighted by atomic mass is 16.5. The molecule has 0 bridgehead atoms. The van der Waals surface area contributed by atoms with E-state index in [-0.39, 0.29) is 17.7 Å². The molecule has 0 spiro atoms. The van der Waals surface area contributed by atoms with E-state index in [2.05, 4.69) is 5.32 Å². The van der Waals surface area contributed by atoms with E-state index in [0.717, 1.165) is 24.9 Å². The Balaban J connectivity index is 1.71. The van der Waals surface area contributed by atoms with Crippen molar-refractivity contribution in [3.8, 4) is 17.2 Å². The van der Waals surface area contributed by atoms with Crippen LogP contribution in [0.4, 0.5) is 0 Å². The van der Waals surface area contributed by atoms with E-state index < -0.39 is 12.0 Å². The number of carbonyl (C=O) groups excluding carboxylic acids is 3. The van der Waals surface area contributed by atoms with Crippen molar-refractivity contribution in [2.45, 2.75) is 44.6 Å². The lowest BCUT2D eigenvalue weighted by molar-refractivity contribution is -0.127. The standard InChI is InChI=1S/C29H37N3O6/c1-5-14-32-26(19-17-22(36-2)27(38-4)23(18-19)37-3)25(20-10-6-7-11-21(20)29(32)35)28(34)30-13-9-16-31-15-8-12-24(31)33/h6-7,10-11,17-18,25-26H,5,8-9,12-16H2,1-4H3,(H,30,34). The second-order valence-corrected chi connectivity index (χ2v) is 9.60. The van der Waals surface area contributed by atoms with Gasteiger partial charge in [0, 0.05) is 38.2 Å². The van der Waals surface area contributed by atoms with Gasteiger partial charge in [0.2, 0.25) is 17.6 Å². The van der Waals surface area contributed by atoms with Crippen LogP contribution in [0.25, 0.3) is 0 Å². The molecule has 2 unspecified atom stereocenters. The molecule has 1 fully saturated rings. The molecule has 9 nitrogen and oxygen atoms in total. The lowest BCUT2D eigenvalue weighted by Gasteiger charge is -2.42. The molecule has 2 aromatic carbocycles. The Bertz CT molecular complexity index is 1160. The Hall–Kier alpha value is -3.75. The van der Waals surface area contributed by atoms with Gasteiger partial charge < -0.3 is 29.3 Å². The van der Waals surface area contributed by atoms with E-state index in [4.69, 9.17) is 14.2 Å². The van der Waals surface area contributed by atoms with Crippen molar-refractivity contribution in [2.75, 3.05) is 47.5 Å². The highest BCUT2D eigenvalue weighted by Gasteiger charge is 2.44.